The van der Waals surface area contributed by atoms with Crippen LogP contribution >= 0.6 is 11.8 Å². The number of carbonyl (C=O) groups is 1. The summed E-state index contributed by atoms with van der Waals surface area (Å²) >= 11 is 1.41. The van der Waals surface area contributed by atoms with Crippen LogP contribution in [0, 0.1) is 0 Å². The van der Waals surface area contributed by atoms with Gasteiger partial charge in [0, 0.05) is 20.1 Å². The largest absolute Gasteiger partial charge is 0.485 e. The Kier molecular flexibility index (Phi) is 4.52. The summed E-state index contributed by atoms with van der Waals surface area (Å²) in [5.41, 5.74) is 0. The average molecular weight is 360 g/mol. The lowest BCUT2D eigenvalue weighted by molar-refractivity contribution is -0.127. The maximum absolute atomic E-state index is 12.2. The predicted molar refractivity (Wildman–Crippen MR) is 92.8 cm³/mol. The maximum atomic E-state index is 12.2. The average Bonchev–Trinajstić information content (AvgIpc) is 3.29. The van der Waals surface area contributed by atoms with Crippen molar-refractivity contribution < 1.29 is 14.3 Å². The Hall–Kier alpha value is -2.22. The Morgan fingerprint density at radius 1 is 1.24 bits per heavy atom. The van der Waals surface area contributed by atoms with Gasteiger partial charge < -0.3 is 18.9 Å². The Morgan fingerprint density at radius 3 is 2.80 bits per heavy atom. The molecule has 0 spiro atoms. The summed E-state index contributed by atoms with van der Waals surface area (Å²) in [6.45, 7) is 2.13. The summed E-state index contributed by atoms with van der Waals surface area (Å²) in [6.07, 6.45) is 1.90. The van der Waals surface area contributed by atoms with Gasteiger partial charge in [0.2, 0.25) is 5.91 Å². The van der Waals surface area contributed by atoms with Crippen LogP contribution in [0.15, 0.2) is 29.4 Å². The third-order valence-electron chi connectivity index (χ3n) is 4.45. The lowest BCUT2D eigenvalue weighted by Crippen LogP contribution is -2.29. The van der Waals surface area contributed by atoms with E-state index in [4.69, 9.17) is 9.47 Å². The molecule has 1 aromatic carbocycles. The first-order valence-corrected chi connectivity index (χ1v) is 9.39. The van der Waals surface area contributed by atoms with Gasteiger partial charge in [0.1, 0.15) is 6.61 Å². The van der Waals surface area contributed by atoms with E-state index in [1.54, 1.807) is 0 Å². The molecule has 1 unspecified atom stereocenters. The number of thioether (sulfide) groups is 1. The molecule has 0 aliphatic carbocycles. The topological polar surface area (TPSA) is 69.5 Å². The van der Waals surface area contributed by atoms with Crippen molar-refractivity contribution in [3.63, 3.8) is 0 Å². The van der Waals surface area contributed by atoms with Crippen LogP contribution in [0.2, 0.25) is 0 Å². The van der Waals surface area contributed by atoms with Gasteiger partial charge in [-0.3, -0.25) is 4.79 Å². The van der Waals surface area contributed by atoms with Gasteiger partial charge in [-0.2, -0.15) is 0 Å². The molecule has 3 heterocycles. The number of para-hydroxylation sites is 2. The van der Waals surface area contributed by atoms with E-state index in [1.165, 1.54) is 11.8 Å². The second-order valence-electron chi connectivity index (χ2n) is 6.14. The summed E-state index contributed by atoms with van der Waals surface area (Å²) in [5, 5.41) is 9.18. The van der Waals surface area contributed by atoms with Gasteiger partial charge >= 0.3 is 0 Å². The number of nitrogens with zero attached hydrogens (tertiary/aromatic N) is 4. The molecule has 2 aromatic rings. The molecule has 0 N–H and O–H groups in total. The first kappa shape index (κ1) is 16.3. The van der Waals surface area contributed by atoms with Crippen LogP contribution < -0.4 is 9.47 Å². The lowest BCUT2D eigenvalue weighted by Gasteiger charge is -2.25. The van der Waals surface area contributed by atoms with Crippen LogP contribution in [0.5, 0.6) is 11.5 Å². The van der Waals surface area contributed by atoms with Crippen LogP contribution in [-0.4, -0.2) is 51.0 Å². The van der Waals surface area contributed by atoms with Crippen LogP contribution in [0.25, 0.3) is 0 Å². The number of hydrogen-bond donors (Lipinski definition) is 0. The van der Waals surface area contributed by atoms with Crippen molar-refractivity contribution in [3.8, 4) is 11.5 Å². The molecule has 1 amide bonds. The van der Waals surface area contributed by atoms with E-state index < -0.39 is 0 Å². The first-order chi connectivity index (χ1) is 12.2. The van der Waals surface area contributed by atoms with Crippen LogP contribution in [0.4, 0.5) is 0 Å². The fraction of sp³-hybridized carbons (Fsp3) is 0.471. The molecule has 8 heteroatoms. The fourth-order valence-corrected chi connectivity index (χ4v) is 3.88. The monoisotopic (exact) mass is 360 g/mol. The standard InChI is InChI=1S/C17H20N4O3S/c1-20-16(14-10-23-12-6-2-3-7-13(12)24-14)18-19-17(20)25-11-15(22)21-8-4-5-9-21/h2-3,6-7,14H,4-5,8-11H2,1H3. The number of amides is 1. The number of ether oxygens (including phenoxy) is 2. The predicted octanol–water partition coefficient (Wildman–Crippen LogP) is 2.04. The SMILES string of the molecule is Cn1c(SCC(=O)N2CCCC2)nnc1C1COc2ccccc2O1. The van der Waals surface area contributed by atoms with Crippen molar-refractivity contribution in [1.82, 2.24) is 19.7 Å². The third-order valence-corrected chi connectivity index (χ3v) is 5.45. The highest BCUT2D eigenvalue weighted by molar-refractivity contribution is 7.99. The van der Waals surface area contributed by atoms with Crippen LogP contribution in [0.3, 0.4) is 0 Å². The van der Waals surface area contributed by atoms with Crippen molar-refractivity contribution in [2.24, 2.45) is 7.05 Å². The van der Waals surface area contributed by atoms with Crippen LogP contribution in [0.1, 0.15) is 24.8 Å². The number of hydrogen-bond acceptors (Lipinski definition) is 6. The summed E-state index contributed by atoms with van der Waals surface area (Å²) in [5.74, 6) is 2.70. The zero-order valence-corrected chi connectivity index (χ0v) is 14.9. The van der Waals surface area contributed by atoms with E-state index in [9.17, 15) is 4.79 Å². The number of fused-ring (bicyclic) bond motifs is 1. The molecular weight excluding hydrogens is 340 g/mol. The minimum atomic E-state index is -0.309. The second-order valence-corrected chi connectivity index (χ2v) is 7.08. The number of rotatable bonds is 4. The molecule has 4 rings (SSSR count). The summed E-state index contributed by atoms with van der Waals surface area (Å²) in [6, 6.07) is 7.58. The van der Waals surface area contributed by atoms with E-state index in [0.29, 0.717) is 29.1 Å². The quantitative estimate of drug-likeness (QED) is 0.777. The lowest BCUT2D eigenvalue weighted by atomic mass is 10.2. The molecule has 25 heavy (non-hydrogen) atoms. The second kappa shape index (κ2) is 6.95. The minimum Gasteiger partial charge on any atom is -0.485 e. The fourth-order valence-electron chi connectivity index (χ4n) is 3.06. The van der Waals surface area contributed by atoms with Crippen molar-refractivity contribution in [2.45, 2.75) is 24.1 Å². The van der Waals surface area contributed by atoms with Crippen LogP contribution in [-0.2, 0) is 11.8 Å². The van der Waals surface area contributed by atoms with Crippen molar-refractivity contribution in [2.75, 3.05) is 25.4 Å². The number of benzene rings is 1. The van der Waals surface area contributed by atoms with Gasteiger partial charge in [0.05, 0.1) is 5.75 Å². The molecule has 1 fully saturated rings. The Morgan fingerprint density at radius 2 is 2.00 bits per heavy atom. The van der Waals surface area contributed by atoms with Crippen molar-refractivity contribution >= 4 is 17.7 Å². The van der Waals surface area contributed by atoms with Gasteiger partial charge in [-0.1, -0.05) is 23.9 Å². The smallest absolute Gasteiger partial charge is 0.233 e. The zero-order valence-electron chi connectivity index (χ0n) is 14.1. The molecule has 0 bridgehead atoms. The third kappa shape index (κ3) is 3.30. The van der Waals surface area contributed by atoms with E-state index >= 15 is 0 Å². The Bertz CT molecular complexity index is 773. The Labute approximate surface area is 150 Å². The molecule has 7 nitrogen and oxygen atoms in total. The summed E-state index contributed by atoms with van der Waals surface area (Å²) < 4.78 is 13.6. The number of carbonyl (C=O) groups excluding carboxylic acids is 1. The van der Waals surface area contributed by atoms with Gasteiger partial charge in [0.15, 0.2) is 28.6 Å². The molecule has 132 valence electrons. The molecule has 1 saturated heterocycles. The number of aromatic nitrogens is 3. The van der Waals surface area contributed by atoms with Crippen molar-refractivity contribution in [1.29, 1.82) is 0 Å². The normalized spacial score (nSPS) is 19.2. The highest BCUT2D eigenvalue weighted by atomic mass is 32.2. The van der Waals surface area contributed by atoms with E-state index in [0.717, 1.165) is 31.7 Å². The summed E-state index contributed by atoms with van der Waals surface area (Å²) in [4.78, 5) is 14.1. The molecular formula is C17H20N4O3S. The maximum Gasteiger partial charge on any atom is 0.233 e. The highest BCUT2D eigenvalue weighted by Gasteiger charge is 2.28. The minimum absolute atomic E-state index is 0.165. The first-order valence-electron chi connectivity index (χ1n) is 8.41. The molecule has 1 aromatic heterocycles. The van der Waals surface area contributed by atoms with E-state index in [2.05, 4.69) is 10.2 Å². The van der Waals surface area contributed by atoms with Gasteiger partial charge in [0.25, 0.3) is 0 Å². The van der Waals surface area contributed by atoms with E-state index in [1.807, 2.05) is 40.8 Å². The van der Waals surface area contributed by atoms with Crippen molar-refractivity contribution in [3.05, 3.63) is 30.1 Å². The Balaban J connectivity index is 1.42. The molecule has 2 aliphatic rings. The van der Waals surface area contributed by atoms with E-state index in [-0.39, 0.29) is 12.0 Å². The molecule has 0 radical (unpaired) electrons. The van der Waals surface area contributed by atoms with Gasteiger partial charge in [-0.25, -0.2) is 0 Å². The summed E-state index contributed by atoms with van der Waals surface area (Å²) in [7, 11) is 1.89. The number of likely N-dealkylation sites (tertiary alicyclic amines) is 1. The molecule has 0 saturated carbocycles. The van der Waals surface area contributed by atoms with Gasteiger partial charge in [-0.15, -0.1) is 10.2 Å². The zero-order chi connectivity index (χ0) is 17.2. The molecule has 1 atom stereocenters. The highest BCUT2D eigenvalue weighted by Crippen LogP contribution is 2.35. The molecule has 2 aliphatic heterocycles. The van der Waals surface area contributed by atoms with Gasteiger partial charge in [-0.05, 0) is 25.0 Å².